The maximum atomic E-state index is 12.6. The summed E-state index contributed by atoms with van der Waals surface area (Å²) in [5.41, 5.74) is 1.20. The van der Waals surface area contributed by atoms with E-state index in [4.69, 9.17) is 9.47 Å². The molecule has 0 unspecified atom stereocenters. The Morgan fingerprint density at radius 3 is 2.40 bits per heavy atom. The predicted molar refractivity (Wildman–Crippen MR) is 115 cm³/mol. The Labute approximate surface area is 179 Å². The van der Waals surface area contributed by atoms with Gasteiger partial charge >= 0.3 is 6.09 Å². The van der Waals surface area contributed by atoms with Crippen molar-refractivity contribution < 1.29 is 19.1 Å². The molecule has 0 saturated carbocycles. The molecule has 0 aliphatic carbocycles. The second kappa shape index (κ2) is 10.8. The Hall–Kier alpha value is -2.12. The Balaban J connectivity index is 1.45. The molecule has 2 fully saturated rings. The van der Waals surface area contributed by atoms with Gasteiger partial charge in [0, 0.05) is 51.4 Å². The number of carbonyl (C=O) groups excluding carboxylic acids is 2. The van der Waals surface area contributed by atoms with Gasteiger partial charge in [-0.05, 0) is 24.3 Å². The zero-order valence-electron chi connectivity index (χ0n) is 18.3. The largest absolute Gasteiger partial charge is 0.449 e. The van der Waals surface area contributed by atoms with Crippen molar-refractivity contribution in [3.05, 3.63) is 35.9 Å². The van der Waals surface area contributed by atoms with Gasteiger partial charge in [0.05, 0.1) is 13.2 Å². The van der Waals surface area contributed by atoms with E-state index in [0.29, 0.717) is 51.8 Å². The first kappa shape index (κ1) is 22.6. The van der Waals surface area contributed by atoms with E-state index in [1.165, 1.54) is 5.56 Å². The summed E-state index contributed by atoms with van der Waals surface area (Å²) in [6.07, 6.45) is 1.57. The van der Waals surface area contributed by atoms with Crippen LogP contribution >= 0.6 is 0 Å². The first-order chi connectivity index (χ1) is 14.5. The third kappa shape index (κ3) is 6.19. The zero-order valence-corrected chi connectivity index (χ0v) is 18.3. The monoisotopic (exact) mass is 417 g/mol. The second-order valence-electron chi connectivity index (χ2n) is 8.77. The van der Waals surface area contributed by atoms with Crippen LogP contribution in [0.2, 0.25) is 0 Å². The average Bonchev–Trinajstić information content (AvgIpc) is 2.78. The summed E-state index contributed by atoms with van der Waals surface area (Å²) < 4.78 is 10.9. The Morgan fingerprint density at radius 1 is 1.10 bits per heavy atom. The molecular formula is C23H35N3O4. The van der Waals surface area contributed by atoms with Crippen LogP contribution in [0.15, 0.2) is 30.3 Å². The zero-order chi connectivity index (χ0) is 21.4. The maximum absolute atomic E-state index is 12.6. The molecule has 1 aromatic carbocycles. The summed E-state index contributed by atoms with van der Waals surface area (Å²) in [6.45, 7) is 9.46. The van der Waals surface area contributed by atoms with Crippen molar-refractivity contribution in [2.24, 2.45) is 5.92 Å². The molecule has 7 heteroatoms. The van der Waals surface area contributed by atoms with Gasteiger partial charge in [-0.15, -0.1) is 0 Å². The summed E-state index contributed by atoms with van der Waals surface area (Å²) in [7, 11) is 0. The fourth-order valence-corrected chi connectivity index (χ4v) is 4.07. The molecule has 2 aliphatic rings. The molecule has 7 nitrogen and oxygen atoms in total. The molecule has 2 aliphatic heterocycles. The lowest BCUT2D eigenvalue weighted by Gasteiger charge is -2.38. The third-order valence-corrected chi connectivity index (χ3v) is 6.00. The highest BCUT2D eigenvalue weighted by molar-refractivity contribution is 5.78. The van der Waals surface area contributed by atoms with E-state index in [0.717, 1.165) is 26.1 Å². The minimum Gasteiger partial charge on any atom is -0.449 e. The number of benzene rings is 1. The Bertz CT molecular complexity index is 681. The Kier molecular flexibility index (Phi) is 8.10. The van der Waals surface area contributed by atoms with Crippen molar-refractivity contribution in [2.45, 2.75) is 32.1 Å². The fourth-order valence-electron chi connectivity index (χ4n) is 4.07. The third-order valence-electron chi connectivity index (χ3n) is 6.00. The highest BCUT2D eigenvalue weighted by atomic mass is 16.6. The van der Waals surface area contributed by atoms with Gasteiger partial charge in [-0.3, -0.25) is 9.69 Å². The summed E-state index contributed by atoms with van der Waals surface area (Å²) in [5.74, 6) is 0.362. The molecule has 1 aromatic rings. The molecule has 1 N–H and O–H groups in total. The highest BCUT2D eigenvalue weighted by Gasteiger charge is 2.35. The van der Waals surface area contributed by atoms with Gasteiger partial charge in [0.1, 0.15) is 0 Å². The standard InChI is InChI=1S/C23H35N3O4/c1-19(2)17-30-22(28)26-12-10-25(11-13-26)16-21(27)24-18-23(8-14-29-15-9-23)20-6-4-3-5-7-20/h3-7,19H,8-18H2,1-2H3,(H,24,27). The summed E-state index contributed by atoms with van der Waals surface area (Å²) in [5, 5.41) is 3.16. The molecule has 0 bridgehead atoms. The molecule has 0 spiro atoms. The van der Waals surface area contributed by atoms with Crippen LogP contribution in [0.4, 0.5) is 4.79 Å². The van der Waals surface area contributed by atoms with Gasteiger partial charge in [0.15, 0.2) is 0 Å². The van der Waals surface area contributed by atoms with Gasteiger partial charge < -0.3 is 19.7 Å². The van der Waals surface area contributed by atoms with Gasteiger partial charge in [0.2, 0.25) is 5.91 Å². The van der Waals surface area contributed by atoms with E-state index < -0.39 is 0 Å². The van der Waals surface area contributed by atoms with Crippen molar-refractivity contribution in [2.75, 3.05) is 59.1 Å². The van der Waals surface area contributed by atoms with E-state index in [1.807, 2.05) is 19.9 Å². The number of nitrogens with zero attached hydrogens (tertiary/aromatic N) is 2. The number of rotatable bonds is 7. The van der Waals surface area contributed by atoms with Crippen LogP contribution in [0.25, 0.3) is 0 Å². The lowest BCUT2D eigenvalue weighted by Crippen LogP contribution is -2.52. The molecule has 166 valence electrons. The molecule has 2 saturated heterocycles. The number of nitrogens with one attached hydrogen (secondary N) is 1. The molecule has 2 heterocycles. The lowest BCUT2D eigenvalue weighted by molar-refractivity contribution is -0.123. The molecule has 0 aromatic heterocycles. The average molecular weight is 418 g/mol. The molecule has 3 rings (SSSR count). The van der Waals surface area contributed by atoms with Crippen LogP contribution in [0.3, 0.4) is 0 Å². The number of ether oxygens (including phenoxy) is 2. The molecular weight excluding hydrogens is 382 g/mol. The normalized spacial score (nSPS) is 19.5. The van der Waals surface area contributed by atoms with Crippen molar-refractivity contribution in [1.29, 1.82) is 0 Å². The van der Waals surface area contributed by atoms with Gasteiger partial charge in [0.25, 0.3) is 0 Å². The molecule has 30 heavy (non-hydrogen) atoms. The maximum Gasteiger partial charge on any atom is 0.409 e. The van der Waals surface area contributed by atoms with Crippen molar-refractivity contribution >= 4 is 12.0 Å². The van der Waals surface area contributed by atoms with Crippen LogP contribution in [-0.4, -0.2) is 80.9 Å². The predicted octanol–water partition coefficient (Wildman–Crippen LogP) is 2.26. The number of hydrogen-bond donors (Lipinski definition) is 1. The van der Waals surface area contributed by atoms with Gasteiger partial charge in [-0.1, -0.05) is 44.2 Å². The minimum absolute atomic E-state index is 0.0348. The smallest absolute Gasteiger partial charge is 0.409 e. The van der Waals surface area contributed by atoms with Crippen LogP contribution < -0.4 is 5.32 Å². The van der Waals surface area contributed by atoms with Crippen molar-refractivity contribution in [3.8, 4) is 0 Å². The summed E-state index contributed by atoms with van der Waals surface area (Å²) in [4.78, 5) is 28.5. The van der Waals surface area contributed by atoms with E-state index in [9.17, 15) is 9.59 Å². The van der Waals surface area contributed by atoms with Crippen LogP contribution in [0.1, 0.15) is 32.3 Å². The first-order valence-electron chi connectivity index (χ1n) is 11.0. The number of carbonyl (C=O) groups is 2. The molecule has 0 radical (unpaired) electrons. The minimum atomic E-state index is -0.253. The van der Waals surface area contributed by atoms with Crippen molar-refractivity contribution in [3.63, 3.8) is 0 Å². The number of piperazine rings is 1. The first-order valence-corrected chi connectivity index (χ1v) is 11.0. The van der Waals surface area contributed by atoms with Crippen molar-refractivity contribution in [1.82, 2.24) is 15.1 Å². The Morgan fingerprint density at radius 2 is 1.77 bits per heavy atom. The van der Waals surface area contributed by atoms with Crippen LogP contribution in [0, 0.1) is 5.92 Å². The summed E-state index contributed by atoms with van der Waals surface area (Å²) >= 11 is 0. The molecule has 0 atom stereocenters. The van der Waals surface area contributed by atoms with E-state index >= 15 is 0 Å². The second-order valence-corrected chi connectivity index (χ2v) is 8.77. The molecule has 2 amide bonds. The topological polar surface area (TPSA) is 71.1 Å². The van der Waals surface area contributed by atoms with Gasteiger partial charge in [-0.25, -0.2) is 4.79 Å². The van der Waals surface area contributed by atoms with E-state index in [2.05, 4.69) is 34.5 Å². The highest BCUT2D eigenvalue weighted by Crippen LogP contribution is 2.34. The quantitative estimate of drug-likeness (QED) is 0.737. The fraction of sp³-hybridized carbons (Fsp3) is 0.652. The number of amides is 2. The SMILES string of the molecule is CC(C)COC(=O)N1CCN(CC(=O)NCC2(c3ccccc3)CCOCC2)CC1. The lowest BCUT2D eigenvalue weighted by atomic mass is 9.74. The van der Waals surface area contributed by atoms with E-state index in [-0.39, 0.29) is 17.4 Å². The van der Waals surface area contributed by atoms with E-state index in [1.54, 1.807) is 4.90 Å². The van der Waals surface area contributed by atoms with Crippen LogP contribution in [-0.2, 0) is 19.7 Å². The summed E-state index contributed by atoms with van der Waals surface area (Å²) in [6, 6.07) is 10.4. The van der Waals surface area contributed by atoms with Crippen LogP contribution in [0.5, 0.6) is 0 Å². The van der Waals surface area contributed by atoms with Gasteiger partial charge in [-0.2, -0.15) is 0 Å². The number of hydrogen-bond acceptors (Lipinski definition) is 5.